The molecule has 0 unspecified atom stereocenters. The fourth-order valence-corrected chi connectivity index (χ4v) is 4.00. The topological polar surface area (TPSA) is 78.1 Å². The van der Waals surface area contributed by atoms with E-state index in [2.05, 4.69) is 25.7 Å². The third-order valence-corrected chi connectivity index (χ3v) is 6.22. The van der Waals surface area contributed by atoms with Gasteiger partial charge in [-0.2, -0.15) is 0 Å². The molecule has 1 aliphatic heterocycles. The van der Waals surface area contributed by atoms with Crippen LogP contribution in [0.1, 0.15) is 12.0 Å². The molecule has 27 heavy (non-hydrogen) atoms. The Morgan fingerprint density at radius 2 is 2.11 bits per heavy atom. The molecule has 3 heterocycles. The van der Waals surface area contributed by atoms with Crippen molar-refractivity contribution in [1.29, 1.82) is 0 Å². The number of fused-ring (bicyclic) bond motifs is 1. The maximum Gasteiger partial charge on any atom is 0.241 e. The normalized spacial score (nSPS) is 15.2. The van der Waals surface area contributed by atoms with E-state index < -0.39 is 10.0 Å². The van der Waals surface area contributed by atoms with Crippen LogP contribution in [0.15, 0.2) is 53.7 Å². The highest BCUT2D eigenvalue weighted by atomic mass is 32.2. The van der Waals surface area contributed by atoms with E-state index in [-0.39, 0.29) is 10.7 Å². The van der Waals surface area contributed by atoms with Crippen molar-refractivity contribution < 1.29 is 12.8 Å². The highest BCUT2D eigenvalue weighted by Crippen LogP contribution is 2.30. The van der Waals surface area contributed by atoms with E-state index in [0.717, 1.165) is 35.2 Å². The number of benzene rings is 1. The van der Waals surface area contributed by atoms with E-state index in [1.54, 1.807) is 18.2 Å². The van der Waals surface area contributed by atoms with Crippen LogP contribution in [0.3, 0.4) is 0 Å². The van der Waals surface area contributed by atoms with Crippen molar-refractivity contribution in [3.8, 4) is 0 Å². The predicted molar refractivity (Wildman–Crippen MR) is 104 cm³/mol. The summed E-state index contributed by atoms with van der Waals surface area (Å²) in [5.74, 6) is 0.482. The fourth-order valence-electron chi connectivity index (χ4n) is 3.32. The second-order valence-electron chi connectivity index (χ2n) is 6.38. The Morgan fingerprint density at radius 1 is 1.26 bits per heavy atom. The van der Waals surface area contributed by atoms with Crippen LogP contribution in [0, 0.1) is 5.82 Å². The Kier molecular flexibility index (Phi) is 4.45. The zero-order valence-electron chi connectivity index (χ0n) is 14.7. The van der Waals surface area contributed by atoms with Crippen molar-refractivity contribution in [2.75, 3.05) is 25.0 Å². The standard InChI is InChI=1S/C19H19FN4O2S/c1-21-27(25,26)15-3-5-19(23-11-15)24-8-6-13(7-9-24)17-12-22-18-10-14(20)2-4-16(17)18/h2-6,10-12,21-22H,7-9H2,1H3. The van der Waals surface area contributed by atoms with Crippen LogP contribution in [0.25, 0.3) is 16.5 Å². The molecule has 2 aromatic heterocycles. The van der Waals surface area contributed by atoms with Crippen molar-refractivity contribution in [1.82, 2.24) is 14.7 Å². The number of nitrogens with zero attached hydrogens (tertiary/aromatic N) is 2. The van der Waals surface area contributed by atoms with Gasteiger partial charge in [0.25, 0.3) is 0 Å². The molecule has 0 saturated heterocycles. The second kappa shape index (κ2) is 6.79. The highest BCUT2D eigenvalue weighted by Gasteiger charge is 2.18. The predicted octanol–water partition coefficient (Wildman–Crippen LogP) is 2.90. The molecule has 0 amide bonds. The molecule has 6 nitrogen and oxygen atoms in total. The van der Waals surface area contributed by atoms with Gasteiger partial charge in [-0.25, -0.2) is 22.5 Å². The number of H-pyrrole nitrogens is 1. The van der Waals surface area contributed by atoms with Gasteiger partial charge in [0, 0.05) is 41.9 Å². The molecular formula is C19H19FN4O2S. The van der Waals surface area contributed by atoms with Crippen molar-refractivity contribution in [3.05, 3.63) is 60.2 Å². The first-order valence-electron chi connectivity index (χ1n) is 8.58. The molecule has 1 aromatic carbocycles. The summed E-state index contributed by atoms with van der Waals surface area (Å²) in [5, 5.41) is 1.01. The average Bonchev–Trinajstić information content (AvgIpc) is 3.11. The lowest BCUT2D eigenvalue weighted by atomic mass is 9.99. The Bertz CT molecular complexity index is 1120. The quantitative estimate of drug-likeness (QED) is 0.723. The third-order valence-electron chi connectivity index (χ3n) is 4.82. The number of nitrogens with one attached hydrogen (secondary N) is 2. The van der Waals surface area contributed by atoms with Crippen LogP contribution in [-0.4, -0.2) is 38.5 Å². The summed E-state index contributed by atoms with van der Waals surface area (Å²) in [6.45, 7) is 1.44. The van der Waals surface area contributed by atoms with Gasteiger partial charge in [0.15, 0.2) is 0 Å². The van der Waals surface area contributed by atoms with E-state index >= 15 is 0 Å². The van der Waals surface area contributed by atoms with Crippen LogP contribution in [-0.2, 0) is 10.0 Å². The van der Waals surface area contributed by atoms with Crippen LogP contribution < -0.4 is 9.62 Å². The summed E-state index contributed by atoms with van der Waals surface area (Å²) < 4.78 is 39.2. The van der Waals surface area contributed by atoms with Crippen molar-refractivity contribution in [2.45, 2.75) is 11.3 Å². The molecule has 140 valence electrons. The van der Waals surface area contributed by atoms with Gasteiger partial charge in [0.2, 0.25) is 10.0 Å². The van der Waals surface area contributed by atoms with Crippen molar-refractivity contribution in [3.63, 3.8) is 0 Å². The highest BCUT2D eigenvalue weighted by molar-refractivity contribution is 7.89. The number of aromatic nitrogens is 2. The molecule has 0 radical (unpaired) electrons. The number of halogens is 1. The average molecular weight is 386 g/mol. The number of rotatable bonds is 4. The monoisotopic (exact) mass is 386 g/mol. The SMILES string of the molecule is CNS(=O)(=O)c1ccc(N2CC=C(c3c[nH]c4cc(F)ccc34)CC2)nc1. The lowest BCUT2D eigenvalue weighted by Crippen LogP contribution is -2.29. The number of aromatic amines is 1. The van der Waals surface area contributed by atoms with Crippen molar-refractivity contribution in [2.24, 2.45) is 0 Å². The third kappa shape index (κ3) is 3.33. The molecule has 4 rings (SSSR count). The molecule has 0 fully saturated rings. The summed E-state index contributed by atoms with van der Waals surface area (Å²) >= 11 is 0. The summed E-state index contributed by atoms with van der Waals surface area (Å²) in [6.07, 6.45) is 6.24. The first-order chi connectivity index (χ1) is 13.0. The smallest absolute Gasteiger partial charge is 0.241 e. The van der Waals surface area contributed by atoms with Gasteiger partial charge in [0.1, 0.15) is 16.5 Å². The maximum atomic E-state index is 13.4. The Hall–Kier alpha value is -2.71. The minimum absolute atomic E-state index is 0.146. The summed E-state index contributed by atoms with van der Waals surface area (Å²) in [7, 11) is -2.11. The van der Waals surface area contributed by atoms with E-state index in [1.807, 2.05) is 6.20 Å². The lowest BCUT2D eigenvalue weighted by molar-refractivity contribution is 0.588. The fraction of sp³-hybridized carbons (Fsp3) is 0.211. The first kappa shape index (κ1) is 17.7. The van der Waals surface area contributed by atoms with Crippen LogP contribution >= 0.6 is 0 Å². The minimum Gasteiger partial charge on any atom is -0.360 e. The van der Waals surface area contributed by atoms with Crippen molar-refractivity contribution >= 4 is 32.3 Å². The van der Waals surface area contributed by atoms with E-state index in [1.165, 1.54) is 31.0 Å². The van der Waals surface area contributed by atoms with Gasteiger partial charge in [-0.15, -0.1) is 0 Å². The van der Waals surface area contributed by atoms with Gasteiger partial charge in [-0.05, 0) is 49.4 Å². The number of hydrogen-bond acceptors (Lipinski definition) is 4. The van der Waals surface area contributed by atoms with Crippen LogP contribution in [0.5, 0.6) is 0 Å². The van der Waals surface area contributed by atoms with Gasteiger partial charge >= 0.3 is 0 Å². The second-order valence-corrected chi connectivity index (χ2v) is 8.26. The molecule has 0 bridgehead atoms. The molecular weight excluding hydrogens is 367 g/mol. The molecule has 2 N–H and O–H groups in total. The zero-order chi connectivity index (χ0) is 19.0. The molecule has 0 spiro atoms. The molecule has 1 aliphatic rings. The van der Waals surface area contributed by atoms with Gasteiger partial charge < -0.3 is 9.88 Å². The number of sulfonamides is 1. The van der Waals surface area contributed by atoms with Crippen LogP contribution in [0.2, 0.25) is 0 Å². The minimum atomic E-state index is -3.48. The molecule has 8 heteroatoms. The van der Waals surface area contributed by atoms with Gasteiger partial charge in [-0.1, -0.05) is 6.08 Å². The Labute approximate surface area is 156 Å². The first-order valence-corrected chi connectivity index (χ1v) is 10.1. The number of hydrogen-bond donors (Lipinski definition) is 2. The van der Waals surface area contributed by atoms with E-state index in [9.17, 15) is 12.8 Å². The van der Waals surface area contributed by atoms with E-state index in [4.69, 9.17) is 0 Å². The number of anilines is 1. The Morgan fingerprint density at radius 3 is 2.78 bits per heavy atom. The summed E-state index contributed by atoms with van der Waals surface area (Å²) in [5.41, 5.74) is 3.09. The molecule has 0 saturated carbocycles. The molecule has 0 aliphatic carbocycles. The Balaban J connectivity index is 1.54. The summed E-state index contributed by atoms with van der Waals surface area (Å²) in [6, 6.07) is 8.05. The number of pyridine rings is 1. The maximum absolute atomic E-state index is 13.4. The molecule has 0 atom stereocenters. The molecule has 3 aromatic rings. The summed E-state index contributed by atoms with van der Waals surface area (Å²) in [4.78, 5) is 9.66. The van der Waals surface area contributed by atoms with E-state index in [0.29, 0.717) is 6.54 Å². The lowest BCUT2D eigenvalue weighted by Gasteiger charge is -2.27. The van der Waals surface area contributed by atoms with Gasteiger partial charge in [0.05, 0.1) is 0 Å². The van der Waals surface area contributed by atoms with Gasteiger partial charge in [-0.3, -0.25) is 0 Å². The zero-order valence-corrected chi connectivity index (χ0v) is 15.6. The largest absolute Gasteiger partial charge is 0.360 e. The van der Waals surface area contributed by atoms with Crippen LogP contribution in [0.4, 0.5) is 10.2 Å².